The summed E-state index contributed by atoms with van der Waals surface area (Å²) in [6, 6.07) is 9.39. The number of hydrogen-bond acceptors (Lipinski definition) is 4. The van der Waals surface area contributed by atoms with E-state index in [4.69, 9.17) is 9.47 Å². The minimum atomic E-state index is -1.24. The molecule has 1 atom stereocenters. The maximum Gasteiger partial charge on any atom is 0.189 e. The van der Waals surface area contributed by atoms with Gasteiger partial charge < -0.3 is 14.6 Å². The zero-order valence-electron chi connectivity index (χ0n) is 10.8. The van der Waals surface area contributed by atoms with E-state index in [0.29, 0.717) is 0 Å². The molecule has 0 aliphatic heterocycles. The number of methoxy groups -OCH3 is 2. The topological polar surface area (TPSA) is 51.6 Å². The Bertz CT molecular complexity index is 530. The van der Waals surface area contributed by atoms with Crippen molar-refractivity contribution in [3.63, 3.8) is 0 Å². The van der Waals surface area contributed by atoms with Gasteiger partial charge in [-0.1, -0.05) is 18.2 Å². The van der Waals surface area contributed by atoms with E-state index in [0.717, 1.165) is 16.5 Å². The SMILES string of the molecule is COC(OC)C(C)(O)c1cccc2ncccc12. The number of pyridine rings is 1. The van der Waals surface area contributed by atoms with E-state index in [1.54, 1.807) is 13.1 Å². The van der Waals surface area contributed by atoms with Crippen molar-refractivity contribution in [1.29, 1.82) is 0 Å². The number of nitrogens with zero attached hydrogens (tertiary/aromatic N) is 1. The number of aliphatic hydroxyl groups is 1. The van der Waals surface area contributed by atoms with E-state index >= 15 is 0 Å². The minimum Gasteiger partial charge on any atom is -0.380 e. The number of fused-ring (bicyclic) bond motifs is 1. The Morgan fingerprint density at radius 2 is 1.89 bits per heavy atom. The average molecular weight is 247 g/mol. The first-order valence-electron chi connectivity index (χ1n) is 5.73. The predicted molar refractivity (Wildman–Crippen MR) is 69.1 cm³/mol. The van der Waals surface area contributed by atoms with Crippen LogP contribution in [-0.2, 0) is 15.1 Å². The van der Waals surface area contributed by atoms with Gasteiger partial charge in [-0.15, -0.1) is 0 Å². The Labute approximate surface area is 106 Å². The molecular weight excluding hydrogens is 230 g/mol. The van der Waals surface area contributed by atoms with Crippen LogP contribution >= 0.6 is 0 Å². The highest BCUT2D eigenvalue weighted by molar-refractivity contribution is 5.82. The van der Waals surface area contributed by atoms with E-state index < -0.39 is 11.9 Å². The third-order valence-corrected chi connectivity index (χ3v) is 3.08. The molecule has 1 aromatic heterocycles. The Hall–Kier alpha value is -1.49. The van der Waals surface area contributed by atoms with Gasteiger partial charge in [-0.3, -0.25) is 4.98 Å². The number of rotatable bonds is 4. The van der Waals surface area contributed by atoms with Crippen molar-refractivity contribution >= 4 is 10.9 Å². The van der Waals surface area contributed by atoms with Crippen LogP contribution in [0, 0.1) is 0 Å². The van der Waals surface area contributed by atoms with Crippen molar-refractivity contribution in [2.24, 2.45) is 0 Å². The standard InChI is InChI=1S/C14H17NO3/c1-14(16,13(17-2)18-3)11-7-4-8-12-10(11)6-5-9-15-12/h4-9,13,16H,1-3H3. The average Bonchev–Trinajstić information content (AvgIpc) is 2.39. The van der Waals surface area contributed by atoms with Gasteiger partial charge in [-0.25, -0.2) is 0 Å². The van der Waals surface area contributed by atoms with E-state index in [9.17, 15) is 5.11 Å². The summed E-state index contributed by atoms with van der Waals surface area (Å²) in [6.07, 6.45) is 0.994. The van der Waals surface area contributed by atoms with Crippen molar-refractivity contribution < 1.29 is 14.6 Å². The van der Waals surface area contributed by atoms with Crippen LogP contribution in [0.2, 0.25) is 0 Å². The molecule has 1 aromatic carbocycles. The molecule has 1 N–H and O–H groups in total. The van der Waals surface area contributed by atoms with Crippen LogP contribution in [0.1, 0.15) is 12.5 Å². The number of benzene rings is 1. The third-order valence-electron chi connectivity index (χ3n) is 3.08. The lowest BCUT2D eigenvalue weighted by Crippen LogP contribution is -2.39. The van der Waals surface area contributed by atoms with Crippen LogP contribution in [0.15, 0.2) is 36.5 Å². The van der Waals surface area contributed by atoms with E-state index in [1.165, 1.54) is 14.2 Å². The predicted octanol–water partition coefficient (Wildman–Crippen LogP) is 2.06. The first kappa shape index (κ1) is 13.0. The van der Waals surface area contributed by atoms with Crippen LogP contribution < -0.4 is 0 Å². The van der Waals surface area contributed by atoms with E-state index in [1.807, 2.05) is 30.3 Å². The molecule has 96 valence electrons. The summed E-state index contributed by atoms with van der Waals surface area (Å²) < 4.78 is 10.3. The summed E-state index contributed by atoms with van der Waals surface area (Å²) in [4.78, 5) is 4.27. The summed E-state index contributed by atoms with van der Waals surface area (Å²) in [6.45, 7) is 1.67. The Balaban J connectivity index is 2.59. The van der Waals surface area contributed by atoms with Gasteiger partial charge in [0.05, 0.1) is 5.52 Å². The lowest BCUT2D eigenvalue weighted by atomic mass is 9.91. The maximum atomic E-state index is 10.7. The van der Waals surface area contributed by atoms with Crippen molar-refractivity contribution in [3.8, 4) is 0 Å². The van der Waals surface area contributed by atoms with E-state index in [2.05, 4.69) is 4.98 Å². The lowest BCUT2D eigenvalue weighted by Gasteiger charge is -2.31. The fraction of sp³-hybridized carbons (Fsp3) is 0.357. The summed E-state index contributed by atoms with van der Waals surface area (Å²) in [5.74, 6) is 0. The second kappa shape index (κ2) is 5.02. The third kappa shape index (κ3) is 2.10. The molecule has 0 aliphatic carbocycles. The molecule has 0 radical (unpaired) electrons. The normalized spacial score (nSPS) is 14.9. The Morgan fingerprint density at radius 3 is 2.56 bits per heavy atom. The van der Waals surface area contributed by atoms with E-state index in [-0.39, 0.29) is 0 Å². The Kier molecular flexibility index (Phi) is 3.61. The molecule has 0 saturated carbocycles. The van der Waals surface area contributed by atoms with Gasteiger partial charge >= 0.3 is 0 Å². The Morgan fingerprint density at radius 1 is 1.17 bits per heavy atom. The van der Waals surface area contributed by atoms with Gasteiger partial charge in [-0.2, -0.15) is 0 Å². The summed E-state index contributed by atoms with van der Waals surface area (Å²) >= 11 is 0. The van der Waals surface area contributed by atoms with Crippen LogP contribution in [0.4, 0.5) is 0 Å². The summed E-state index contributed by atoms with van der Waals surface area (Å²) in [7, 11) is 3.01. The molecule has 2 aromatic rings. The molecular formula is C14H17NO3. The van der Waals surface area contributed by atoms with Crippen molar-refractivity contribution in [3.05, 3.63) is 42.1 Å². The highest BCUT2D eigenvalue weighted by atomic mass is 16.7. The van der Waals surface area contributed by atoms with Crippen LogP contribution in [0.3, 0.4) is 0 Å². The monoisotopic (exact) mass is 247 g/mol. The second-order valence-corrected chi connectivity index (χ2v) is 4.33. The second-order valence-electron chi connectivity index (χ2n) is 4.33. The lowest BCUT2D eigenvalue weighted by molar-refractivity contribution is -0.212. The van der Waals surface area contributed by atoms with Crippen LogP contribution in [-0.4, -0.2) is 30.6 Å². The van der Waals surface area contributed by atoms with Crippen molar-refractivity contribution in [1.82, 2.24) is 4.98 Å². The first-order valence-corrected chi connectivity index (χ1v) is 5.73. The van der Waals surface area contributed by atoms with Gasteiger partial charge in [0.2, 0.25) is 0 Å². The fourth-order valence-corrected chi connectivity index (χ4v) is 2.23. The van der Waals surface area contributed by atoms with Gasteiger partial charge in [0, 0.05) is 25.8 Å². The zero-order chi connectivity index (χ0) is 13.2. The molecule has 0 saturated heterocycles. The van der Waals surface area contributed by atoms with Gasteiger partial charge in [0.25, 0.3) is 0 Å². The quantitative estimate of drug-likeness (QED) is 0.840. The largest absolute Gasteiger partial charge is 0.380 e. The fourth-order valence-electron chi connectivity index (χ4n) is 2.23. The van der Waals surface area contributed by atoms with Crippen LogP contribution in [0.5, 0.6) is 0 Å². The molecule has 4 heteroatoms. The molecule has 0 fully saturated rings. The molecule has 0 amide bonds. The smallest absolute Gasteiger partial charge is 0.189 e. The van der Waals surface area contributed by atoms with Crippen LogP contribution in [0.25, 0.3) is 10.9 Å². The zero-order valence-corrected chi connectivity index (χ0v) is 10.8. The minimum absolute atomic E-state index is 0.733. The maximum absolute atomic E-state index is 10.7. The highest BCUT2D eigenvalue weighted by Gasteiger charge is 2.35. The van der Waals surface area contributed by atoms with Gasteiger partial charge in [0.15, 0.2) is 6.29 Å². The summed E-state index contributed by atoms with van der Waals surface area (Å²) in [5.41, 5.74) is 0.328. The molecule has 0 bridgehead atoms. The number of hydrogen-bond donors (Lipinski definition) is 1. The van der Waals surface area contributed by atoms with Crippen molar-refractivity contribution in [2.75, 3.05) is 14.2 Å². The molecule has 0 spiro atoms. The molecule has 0 aliphatic rings. The number of aromatic nitrogens is 1. The molecule has 2 rings (SSSR count). The summed E-state index contributed by atoms with van der Waals surface area (Å²) in [5, 5.41) is 11.6. The first-order chi connectivity index (χ1) is 8.61. The van der Waals surface area contributed by atoms with Crippen molar-refractivity contribution in [2.45, 2.75) is 18.8 Å². The molecule has 1 unspecified atom stereocenters. The molecule has 1 heterocycles. The molecule has 4 nitrogen and oxygen atoms in total. The molecule has 18 heavy (non-hydrogen) atoms. The van der Waals surface area contributed by atoms with Gasteiger partial charge in [-0.05, 0) is 24.6 Å². The number of ether oxygens (including phenoxy) is 2. The van der Waals surface area contributed by atoms with Gasteiger partial charge in [0.1, 0.15) is 5.60 Å². The highest BCUT2D eigenvalue weighted by Crippen LogP contribution is 2.31.